The highest BCUT2D eigenvalue weighted by Gasteiger charge is 2.15. The topological polar surface area (TPSA) is 82.0 Å². The molecular formula is C9H15N3O2. The molecule has 0 aromatic carbocycles. The van der Waals surface area contributed by atoms with Crippen molar-refractivity contribution in [2.45, 2.75) is 32.7 Å². The minimum Gasteiger partial charge on any atom is -0.345 e. The zero-order valence-corrected chi connectivity index (χ0v) is 8.46. The molecule has 0 aliphatic heterocycles. The van der Waals surface area contributed by atoms with Gasteiger partial charge in [-0.15, -0.1) is 0 Å². The van der Waals surface area contributed by atoms with Crippen molar-refractivity contribution in [3.8, 4) is 6.07 Å². The van der Waals surface area contributed by atoms with E-state index in [4.69, 9.17) is 5.26 Å². The van der Waals surface area contributed by atoms with E-state index in [9.17, 15) is 9.59 Å². The number of hydrogen-bond acceptors (Lipinski definition) is 3. The van der Waals surface area contributed by atoms with Gasteiger partial charge in [-0.05, 0) is 12.8 Å². The standard InChI is InChI=1S/C9H15N3O2/c1-3-7(4-2)12-9(14)8(13)11-6-5-10/h7H,3-4,6H2,1-2H3,(H,11,13)(H,12,14). The Balaban J connectivity index is 3.95. The second kappa shape index (κ2) is 6.89. The van der Waals surface area contributed by atoms with Gasteiger partial charge in [-0.2, -0.15) is 5.26 Å². The monoisotopic (exact) mass is 197 g/mol. The van der Waals surface area contributed by atoms with E-state index >= 15 is 0 Å². The summed E-state index contributed by atoms with van der Waals surface area (Å²) in [6.45, 7) is 3.72. The zero-order chi connectivity index (χ0) is 11.0. The van der Waals surface area contributed by atoms with E-state index in [1.165, 1.54) is 0 Å². The Hall–Kier alpha value is -1.57. The summed E-state index contributed by atoms with van der Waals surface area (Å²) < 4.78 is 0. The smallest absolute Gasteiger partial charge is 0.310 e. The molecule has 5 nitrogen and oxygen atoms in total. The van der Waals surface area contributed by atoms with E-state index in [0.29, 0.717) is 0 Å². The molecule has 14 heavy (non-hydrogen) atoms. The maximum absolute atomic E-state index is 11.1. The van der Waals surface area contributed by atoms with Crippen molar-refractivity contribution >= 4 is 11.8 Å². The molecule has 0 spiro atoms. The maximum atomic E-state index is 11.1. The van der Waals surface area contributed by atoms with Gasteiger partial charge in [-0.25, -0.2) is 0 Å². The van der Waals surface area contributed by atoms with Crippen LogP contribution in [0.4, 0.5) is 0 Å². The van der Waals surface area contributed by atoms with Crippen molar-refractivity contribution < 1.29 is 9.59 Å². The highest BCUT2D eigenvalue weighted by molar-refractivity contribution is 6.35. The summed E-state index contributed by atoms with van der Waals surface area (Å²) in [5.74, 6) is -1.42. The highest BCUT2D eigenvalue weighted by Crippen LogP contribution is 1.95. The van der Waals surface area contributed by atoms with Crippen LogP contribution in [0.3, 0.4) is 0 Å². The number of rotatable bonds is 4. The fraction of sp³-hybridized carbons (Fsp3) is 0.667. The highest BCUT2D eigenvalue weighted by atomic mass is 16.2. The molecule has 0 aromatic heterocycles. The van der Waals surface area contributed by atoms with Crippen LogP contribution in [0.15, 0.2) is 0 Å². The number of nitrogens with zero attached hydrogens (tertiary/aromatic N) is 1. The molecule has 0 radical (unpaired) electrons. The first-order chi connectivity index (χ1) is 6.65. The lowest BCUT2D eigenvalue weighted by Gasteiger charge is -2.13. The third kappa shape index (κ3) is 4.45. The Morgan fingerprint density at radius 1 is 1.29 bits per heavy atom. The van der Waals surface area contributed by atoms with Crippen molar-refractivity contribution in [3.05, 3.63) is 0 Å². The van der Waals surface area contributed by atoms with Gasteiger partial charge >= 0.3 is 11.8 Å². The first kappa shape index (κ1) is 12.4. The molecule has 0 aromatic rings. The maximum Gasteiger partial charge on any atom is 0.310 e. The van der Waals surface area contributed by atoms with E-state index < -0.39 is 11.8 Å². The molecule has 0 saturated carbocycles. The van der Waals surface area contributed by atoms with Crippen molar-refractivity contribution in [2.75, 3.05) is 6.54 Å². The summed E-state index contributed by atoms with van der Waals surface area (Å²) in [4.78, 5) is 22.1. The van der Waals surface area contributed by atoms with Crippen LogP contribution in [0.25, 0.3) is 0 Å². The summed E-state index contributed by atoms with van der Waals surface area (Å²) in [6, 6.07) is 1.75. The number of nitriles is 1. The van der Waals surface area contributed by atoms with Gasteiger partial charge in [0.15, 0.2) is 0 Å². The zero-order valence-electron chi connectivity index (χ0n) is 8.46. The normalized spacial score (nSPS) is 9.29. The fourth-order valence-electron chi connectivity index (χ4n) is 0.944. The molecule has 2 N–H and O–H groups in total. The third-order valence-corrected chi connectivity index (χ3v) is 1.86. The molecule has 0 bridgehead atoms. The molecule has 78 valence electrons. The summed E-state index contributed by atoms with van der Waals surface area (Å²) >= 11 is 0. The minimum absolute atomic E-state index is 0.0235. The van der Waals surface area contributed by atoms with Crippen molar-refractivity contribution in [1.29, 1.82) is 5.26 Å². The van der Waals surface area contributed by atoms with Gasteiger partial charge in [-0.1, -0.05) is 13.8 Å². The van der Waals surface area contributed by atoms with Crippen LogP contribution in [0.1, 0.15) is 26.7 Å². The Labute approximate surface area is 83.5 Å². The van der Waals surface area contributed by atoms with Gasteiger partial charge in [0, 0.05) is 6.04 Å². The van der Waals surface area contributed by atoms with Crippen LogP contribution in [-0.4, -0.2) is 24.4 Å². The summed E-state index contributed by atoms with van der Waals surface area (Å²) in [5.41, 5.74) is 0. The van der Waals surface area contributed by atoms with E-state index in [2.05, 4.69) is 10.6 Å². The summed E-state index contributed by atoms with van der Waals surface area (Å²) in [6.07, 6.45) is 1.57. The average Bonchev–Trinajstić information content (AvgIpc) is 2.21. The van der Waals surface area contributed by atoms with E-state index in [1.807, 2.05) is 13.8 Å². The molecule has 0 aliphatic carbocycles. The first-order valence-corrected chi connectivity index (χ1v) is 4.61. The Bertz CT molecular complexity index is 241. The first-order valence-electron chi connectivity index (χ1n) is 4.61. The molecule has 0 saturated heterocycles. The Kier molecular flexibility index (Phi) is 6.12. The van der Waals surface area contributed by atoms with Gasteiger partial charge in [0.1, 0.15) is 6.54 Å². The lowest BCUT2D eigenvalue weighted by atomic mass is 10.2. The lowest BCUT2D eigenvalue weighted by molar-refractivity contribution is -0.139. The molecule has 5 heteroatoms. The molecule has 0 heterocycles. The van der Waals surface area contributed by atoms with Crippen LogP contribution in [-0.2, 0) is 9.59 Å². The Morgan fingerprint density at radius 3 is 2.29 bits per heavy atom. The average molecular weight is 197 g/mol. The minimum atomic E-state index is -0.751. The molecule has 0 rings (SSSR count). The predicted molar refractivity (Wildman–Crippen MR) is 51.1 cm³/mol. The predicted octanol–water partition coefficient (Wildman–Crippen LogP) is -0.0690. The SMILES string of the molecule is CCC(CC)NC(=O)C(=O)NCC#N. The Morgan fingerprint density at radius 2 is 1.86 bits per heavy atom. The quantitative estimate of drug-likeness (QED) is 0.489. The second-order valence-electron chi connectivity index (χ2n) is 2.83. The number of carbonyl (C=O) groups excluding carboxylic acids is 2. The van der Waals surface area contributed by atoms with E-state index in [1.54, 1.807) is 6.07 Å². The van der Waals surface area contributed by atoms with E-state index in [0.717, 1.165) is 12.8 Å². The van der Waals surface area contributed by atoms with E-state index in [-0.39, 0.29) is 12.6 Å². The van der Waals surface area contributed by atoms with Crippen molar-refractivity contribution in [3.63, 3.8) is 0 Å². The van der Waals surface area contributed by atoms with Crippen LogP contribution in [0.5, 0.6) is 0 Å². The second-order valence-corrected chi connectivity index (χ2v) is 2.83. The molecule has 0 aliphatic rings. The molecule has 0 unspecified atom stereocenters. The van der Waals surface area contributed by atoms with Gasteiger partial charge in [-0.3, -0.25) is 9.59 Å². The fourth-order valence-corrected chi connectivity index (χ4v) is 0.944. The summed E-state index contributed by atoms with van der Waals surface area (Å²) in [5, 5.41) is 12.9. The third-order valence-electron chi connectivity index (χ3n) is 1.86. The van der Waals surface area contributed by atoms with Crippen LogP contribution in [0, 0.1) is 11.3 Å². The van der Waals surface area contributed by atoms with Crippen LogP contribution < -0.4 is 10.6 Å². The van der Waals surface area contributed by atoms with Gasteiger partial charge in [0.25, 0.3) is 0 Å². The van der Waals surface area contributed by atoms with Crippen molar-refractivity contribution in [1.82, 2.24) is 10.6 Å². The molecule has 0 atom stereocenters. The van der Waals surface area contributed by atoms with Gasteiger partial charge < -0.3 is 10.6 Å². The van der Waals surface area contributed by atoms with Gasteiger partial charge in [0.05, 0.1) is 6.07 Å². The largest absolute Gasteiger partial charge is 0.345 e. The number of amides is 2. The van der Waals surface area contributed by atoms with Gasteiger partial charge in [0.2, 0.25) is 0 Å². The molecule has 2 amide bonds. The van der Waals surface area contributed by atoms with Crippen molar-refractivity contribution in [2.24, 2.45) is 0 Å². The lowest BCUT2D eigenvalue weighted by Crippen LogP contribution is -2.44. The van der Waals surface area contributed by atoms with Crippen LogP contribution in [0.2, 0.25) is 0 Å². The molecule has 0 fully saturated rings. The number of carbonyl (C=O) groups is 2. The van der Waals surface area contributed by atoms with Crippen LogP contribution >= 0.6 is 0 Å². The molecular weight excluding hydrogens is 182 g/mol. The number of nitrogens with one attached hydrogen (secondary N) is 2. The summed E-state index contributed by atoms with van der Waals surface area (Å²) in [7, 11) is 0. The number of hydrogen-bond donors (Lipinski definition) is 2.